The van der Waals surface area contributed by atoms with Crippen molar-refractivity contribution in [1.82, 2.24) is 4.98 Å². The van der Waals surface area contributed by atoms with Gasteiger partial charge in [0.15, 0.2) is 0 Å². The molecule has 5 heteroatoms. The molecule has 0 unspecified atom stereocenters. The minimum Gasteiger partial charge on any atom is -0.507 e. The van der Waals surface area contributed by atoms with E-state index in [1.165, 1.54) is 0 Å². The number of ether oxygens (including phenoxy) is 1. The molecule has 3 rings (SSSR count). The second-order valence-corrected chi connectivity index (χ2v) is 10.6. The molecule has 1 N–H and O–H groups in total. The number of phenolic OH excluding ortho intramolecular Hbond substituents is 1. The molecular formula is C24H28ClNO2S. The minimum absolute atomic E-state index is 0.174. The van der Waals surface area contributed by atoms with E-state index in [1.807, 2.05) is 29.6 Å². The molecule has 0 aliphatic carbocycles. The summed E-state index contributed by atoms with van der Waals surface area (Å²) >= 11 is 7.72. The van der Waals surface area contributed by atoms with Crippen LogP contribution >= 0.6 is 22.9 Å². The molecule has 0 atom stereocenters. The fourth-order valence-corrected chi connectivity index (χ4v) is 4.04. The molecule has 0 aliphatic rings. The van der Waals surface area contributed by atoms with Crippen molar-refractivity contribution >= 4 is 22.9 Å². The second-order valence-electron chi connectivity index (χ2n) is 9.27. The molecule has 0 radical (unpaired) electrons. The molecule has 29 heavy (non-hydrogen) atoms. The SMILES string of the molecule is CC(C)(C)c1cc(-c2csc(COc3ccccc3Cl)n2)cc(C(C)(C)C)c1O. The number of benzene rings is 2. The molecule has 3 nitrogen and oxygen atoms in total. The van der Waals surface area contributed by atoms with E-state index in [-0.39, 0.29) is 10.8 Å². The molecular weight excluding hydrogens is 402 g/mol. The Bertz CT molecular complexity index is 977. The Labute approximate surface area is 182 Å². The fourth-order valence-electron chi connectivity index (χ4n) is 3.14. The number of nitrogens with zero attached hydrogens (tertiary/aromatic N) is 1. The van der Waals surface area contributed by atoms with Crippen molar-refractivity contribution in [3.8, 4) is 22.8 Å². The Morgan fingerprint density at radius 3 is 2.14 bits per heavy atom. The van der Waals surface area contributed by atoms with Crippen LogP contribution < -0.4 is 4.74 Å². The second kappa shape index (κ2) is 8.00. The number of aromatic nitrogens is 1. The smallest absolute Gasteiger partial charge is 0.140 e. The maximum Gasteiger partial charge on any atom is 0.140 e. The first kappa shape index (κ1) is 21.7. The van der Waals surface area contributed by atoms with E-state index in [9.17, 15) is 5.11 Å². The van der Waals surface area contributed by atoms with Crippen LogP contribution in [-0.4, -0.2) is 10.1 Å². The molecule has 0 saturated carbocycles. The number of thiazole rings is 1. The van der Waals surface area contributed by atoms with Gasteiger partial charge in [-0.1, -0.05) is 65.3 Å². The predicted octanol–water partition coefficient (Wildman–Crippen LogP) is 7.34. The molecule has 2 aromatic carbocycles. The quantitative estimate of drug-likeness (QED) is 0.471. The Morgan fingerprint density at radius 2 is 1.59 bits per heavy atom. The van der Waals surface area contributed by atoms with Gasteiger partial charge in [-0.2, -0.15) is 0 Å². The average Bonchev–Trinajstić information content (AvgIpc) is 3.08. The highest BCUT2D eigenvalue weighted by molar-refractivity contribution is 7.09. The van der Waals surface area contributed by atoms with E-state index in [2.05, 4.69) is 53.7 Å². The van der Waals surface area contributed by atoms with Gasteiger partial charge in [0.25, 0.3) is 0 Å². The first-order valence-electron chi connectivity index (χ1n) is 9.67. The van der Waals surface area contributed by atoms with Crippen LogP contribution in [0.3, 0.4) is 0 Å². The fraction of sp³-hybridized carbons (Fsp3) is 0.375. The van der Waals surface area contributed by atoms with Gasteiger partial charge in [0.1, 0.15) is 23.1 Å². The summed E-state index contributed by atoms with van der Waals surface area (Å²) in [4.78, 5) is 4.77. The van der Waals surface area contributed by atoms with Crippen molar-refractivity contribution in [1.29, 1.82) is 0 Å². The highest BCUT2D eigenvalue weighted by atomic mass is 35.5. The molecule has 0 aliphatic heterocycles. The number of para-hydroxylation sites is 1. The van der Waals surface area contributed by atoms with Crippen LogP contribution in [0.1, 0.15) is 57.7 Å². The van der Waals surface area contributed by atoms with Crippen LogP contribution in [0, 0.1) is 0 Å². The van der Waals surface area contributed by atoms with Crippen LogP contribution in [0.4, 0.5) is 0 Å². The molecule has 0 amide bonds. The molecule has 1 aromatic heterocycles. The summed E-state index contributed by atoms with van der Waals surface area (Å²) in [5.41, 5.74) is 3.42. The average molecular weight is 430 g/mol. The summed E-state index contributed by atoms with van der Waals surface area (Å²) in [5.74, 6) is 1.03. The third kappa shape index (κ3) is 4.93. The standard InChI is InChI=1S/C24H28ClNO2S/c1-23(2,3)16-11-15(12-17(22(16)27)24(4,5)6)19-14-29-21(26-19)13-28-20-10-8-7-9-18(20)25/h7-12,14,27H,13H2,1-6H3. The van der Waals surface area contributed by atoms with Crippen LogP contribution in [0.15, 0.2) is 41.8 Å². The molecule has 0 fully saturated rings. The Morgan fingerprint density at radius 1 is 1.00 bits per heavy atom. The Balaban J connectivity index is 1.94. The van der Waals surface area contributed by atoms with Gasteiger partial charge in [0.05, 0.1) is 10.7 Å². The van der Waals surface area contributed by atoms with Crippen LogP contribution in [0.2, 0.25) is 5.02 Å². The highest BCUT2D eigenvalue weighted by Crippen LogP contribution is 2.42. The van der Waals surface area contributed by atoms with Gasteiger partial charge < -0.3 is 9.84 Å². The number of hydrogen-bond acceptors (Lipinski definition) is 4. The van der Waals surface area contributed by atoms with Gasteiger partial charge >= 0.3 is 0 Å². The highest BCUT2D eigenvalue weighted by Gasteiger charge is 2.27. The number of phenols is 1. The van der Waals surface area contributed by atoms with Crippen molar-refractivity contribution in [2.75, 3.05) is 0 Å². The summed E-state index contributed by atoms with van der Waals surface area (Å²) in [6, 6.07) is 11.5. The summed E-state index contributed by atoms with van der Waals surface area (Å²) < 4.78 is 5.82. The van der Waals surface area contributed by atoms with Crippen molar-refractivity contribution in [2.24, 2.45) is 0 Å². The monoisotopic (exact) mass is 429 g/mol. The summed E-state index contributed by atoms with van der Waals surface area (Å²) in [7, 11) is 0. The molecule has 0 spiro atoms. The third-order valence-corrected chi connectivity index (χ3v) is 5.90. The van der Waals surface area contributed by atoms with Crippen molar-refractivity contribution in [3.05, 3.63) is 62.9 Å². The van der Waals surface area contributed by atoms with Gasteiger partial charge in [0.2, 0.25) is 0 Å². The van der Waals surface area contributed by atoms with Gasteiger partial charge in [-0.25, -0.2) is 4.98 Å². The first-order chi connectivity index (χ1) is 13.5. The largest absolute Gasteiger partial charge is 0.507 e. The van der Waals surface area contributed by atoms with Crippen LogP contribution in [0.25, 0.3) is 11.3 Å². The Kier molecular flexibility index (Phi) is 5.98. The summed E-state index contributed by atoms with van der Waals surface area (Å²) in [5, 5.41) is 14.4. The topological polar surface area (TPSA) is 42.4 Å². The minimum atomic E-state index is -0.174. The maximum absolute atomic E-state index is 10.9. The Hall–Kier alpha value is -2.04. The zero-order chi connectivity index (χ0) is 21.4. The first-order valence-corrected chi connectivity index (χ1v) is 10.9. The lowest BCUT2D eigenvalue weighted by atomic mass is 9.78. The van der Waals surface area contributed by atoms with Gasteiger partial charge in [-0.15, -0.1) is 11.3 Å². The number of rotatable bonds is 4. The normalized spacial score (nSPS) is 12.2. The summed E-state index contributed by atoms with van der Waals surface area (Å²) in [6.45, 7) is 13.0. The van der Waals surface area contributed by atoms with Crippen molar-refractivity contribution < 1.29 is 9.84 Å². The van der Waals surface area contributed by atoms with Crippen molar-refractivity contribution in [3.63, 3.8) is 0 Å². The molecule has 1 heterocycles. The number of halogens is 1. The van der Waals surface area contributed by atoms with Crippen LogP contribution in [0.5, 0.6) is 11.5 Å². The van der Waals surface area contributed by atoms with Gasteiger partial charge in [-0.05, 0) is 35.1 Å². The lowest BCUT2D eigenvalue weighted by Gasteiger charge is -2.28. The van der Waals surface area contributed by atoms with Crippen molar-refractivity contribution in [2.45, 2.75) is 59.0 Å². The molecule has 0 saturated heterocycles. The lowest BCUT2D eigenvalue weighted by Crippen LogP contribution is -2.17. The zero-order valence-electron chi connectivity index (χ0n) is 17.8. The van der Waals surface area contributed by atoms with E-state index >= 15 is 0 Å². The lowest BCUT2D eigenvalue weighted by molar-refractivity contribution is 0.306. The molecule has 3 aromatic rings. The number of hydrogen-bond donors (Lipinski definition) is 1. The number of aromatic hydroxyl groups is 1. The summed E-state index contributed by atoms with van der Waals surface area (Å²) in [6.07, 6.45) is 0. The van der Waals surface area contributed by atoms with E-state index < -0.39 is 0 Å². The molecule has 154 valence electrons. The third-order valence-electron chi connectivity index (χ3n) is 4.76. The van der Waals surface area contributed by atoms with E-state index in [0.29, 0.717) is 23.1 Å². The van der Waals surface area contributed by atoms with E-state index in [4.69, 9.17) is 21.3 Å². The maximum atomic E-state index is 10.9. The zero-order valence-corrected chi connectivity index (χ0v) is 19.4. The van der Waals surface area contributed by atoms with Crippen LogP contribution in [-0.2, 0) is 17.4 Å². The van der Waals surface area contributed by atoms with E-state index in [0.717, 1.165) is 27.4 Å². The van der Waals surface area contributed by atoms with Gasteiger partial charge in [0, 0.05) is 22.1 Å². The van der Waals surface area contributed by atoms with E-state index in [1.54, 1.807) is 11.3 Å². The predicted molar refractivity (Wildman–Crippen MR) is 122 cm³/mol. The van der Waals surface area contributed by atoms with Gasteiger partial charge in [-0.3, -0.25) is 0 Å². The molecule has 0 bridgehead atoms.